The third-order valence-corrected chi connectivity index (χ3v) is 7.32. The van der Waals surface area contributed by atoms with Crippen LogP contribution in [0.4, 0.5) is 5.69 Å². The number of nitrogens with one attached hydrogen (secondary N) is 1. The molecule has 0 aliphatic carbocycles. The Balaban J connectivity index is 2.08. The highest BCUT2D eigenvalue weighted by Gasteiger charge is 2.35. The number of fused-ring (bicyclic) bond motifs is 3. The molecular formula is C22H24N2S2. The van der Waals surface area contributed by atoms with Gasteiger partial charge in [0.15, 0.2) is 0 Å². The Morgan fingerprint density at radius 2 is 1.77 bits per heavy atom. The molecule has 2 heterocycles. The summed E-state index contributed by atoms with van der Waals surface area (Å²) >= 11 is 7.78. The molecule has 0 fully saturated rings. The molecule has 0 saturated carbocycles. The van der Waals surface area contributed by atoms with E-state index in [1.54, 1.807) is 11.5 Å². The third kappa shape index (κ3) is 2.47. The first-order chi connectivity index (χ1) is 12.2. The average Bonchev–Trinajstić information content (AvgIpc) is 2.90. The lowest BCUT2D eigenvalue weighted by Crippen LogP contribution is -2.31. The van der Waals surface area contributed by atoms with Crippen molar-refractivity contribution in [1.82, 2.24) is 3.96 Å². The van der Waals surface area contributed by atoms with E-state index in [4.69, 9.17) is 12.2 Å². The van der Waals surface area contributed by atoms with Gasteiger partial charge >= 0.3 is 0 Å². The summed E-state index contributed by atoms with van der Waals surface area (Å²) in [7, 11) is 0. The number of aromatic nitrogens is 1. The van der Waals surface area contributed by atoms with Gasteiger partial charge in [-0.25, -0.2) is 0 Å². The third-order valence-electron chi connectivity index (χ3n) is 5.36. The van der Waals surface area contributed by atoms with Crippen molar-refractivity contribution in [1.29, 1.82) is 0 Å². The van der Waals surface area contributed by atoms with Gasteiger partial charge in [0.2, 0.25) is 0 Å². The molecule has 2 nitrogen and oxygen atoms in total. The highest BCUT2D eigenvalue weighted by Crippen LogP contribution is 2.49. The van der Waals surface area contributed by atoms with E-state index in [-0.39, 0.29) is 5.54 Å². The van der Waals surface area contributed by atoms with Gasteiger partial charge in [0.25, 0.3) is 0 Å². The molecule has 0 atom stereocenters. The minimum Gasteiger partial charge on any atom is -0.374 e. The summed E-state index contributed by atoms with van der Waals surface area (Å²) in [6.07, 6.45) is 0. The molecule has 1 N–H and O–H groups in total. The highest BCUT2D eigenvalue weighted by atomic mass is 32.1. The number of hydrogen-bond donors (Lipinski definition) is 1. The zero-order valence-electron chi connectivity index (χ0n) is 16.2. The molecule has 26 heavy (non-hydrogen) atoms. The quantitative estimate of drug-likeness (QED) is 0.466. The van der Waals surface area contributed by atoms with Crippen LogP contribution in [-0.4, -0.2) is 3.96 Å². The van der Waals surface area contributed by atoms with Crippen molar-refractivity contribution in [3.63, 3.8) is 0 Å². The molecule has 4 rings (SSSR count). The first kappa shape index (κ1) is 17.5. The lowest BCUT2D eigenvalue weighted by molar-refractivity contribution is 0.619. The Kier molecular flexibility index (Phi) is 3.90. The fourth-order valence-electron chi connectivity index (χ4n) is 3.86. The van der Waals surface area contributed by atoms with Crippen LogP contribution in [0.5, 0.6) is 0 Å². The second kappa shape index (κ2) is 5.80. The molecule has 2 aromatic carbocycles. The van der Waals surface area contributed by atoms with Crippen molar-refractivity contribution in [2.24, 2.45) is 0 Å². The molecule has 4 heteroatoms. The number of hydrogen-bond acceptors (Lipinski definition) is 3. The number of anilines is 1. The van der Waals surface area contributed by atoms with Gasteiger partial charge in [0, 0.05) is 16.8 Å². The Bertz CT molecular complexity index is 1100. The van der Waals surface area contributed by atoms with E-state index in [1.807, 2.05) is 0 Å². The van der Waals surface area contributed by atoms with Crippen LogP contribution in [0.25, 0.3) is 16.8 Å². The lowest BCUT2D eigenvalue weighted by atomic mass is 9.87. The van der Waals surface area contributed by atoms with Crippen molar-refractivity contribution < 1.29 is 0 Å². The lowest BCUT2D eigenvalue weighted by Gasteiger charge is -2.34. The second-order valence-electron chi connectivity index (χ2n) is 7.87. The molecular weight excluding hydrogens is 356 g/mol. The van der Waals surface area contributed by atoms with Crippen LogP contribution in [0.2, 0.25) is 0 Å². The van der Waals surface area contributed by atoms with Gasteiger partial charge in [-0.05, 0) is 70.4 Å². The smallest absolute Gasteiger partial charge is 0.129 e. The summed E-state index contributed by atoms with van der Waals surface area (Å²) in [5.74, 6) is 0. The minimum atomic E-state index is -0.149. The maximum atomic E-state index is 6.01. The van der Waals surface area contributed by atoms with Crippen LogP contribution in [0.3, 0.4) is 0 Å². The van der Waals surface area contributed by atoms with Gasteiger partial charge in [-0.15, -0.1) is 0 Å². The molecule has 0 bridgehead atoms. The van der Waals surface area contributed by atoms with E-state index in [2.05, 4.69) is 81.1 Å². The van der Waals surface area contributed by atoms with Crippen LogP contribution >= 0.6 is 23.8 Å². The zero-order valence-corrected chi connectivity index (χ0v) is 17.8. The molecule has 1 aliphatic rings. The molecule has 0 radical (unpaired) electrons. The van der Waals surface area contributed by atoms with Crippen LogP contribution in [0.1, 0.15) is 41.0 Å². The molecule has 0 amide bonds. The van der Waals surface area contributed by atoms with E-state index >= 15 is 0 Å². The summed E-state index contributed by atoms with van der Waals surface area (Å²) < 4.78 is 3.15. The Morgan fingerprint density at radius 1 is 1.04 bits per heavy atom. The first-order valence-electron chi connectivity index (χ1n) is 8.94. The Morgan fingerprint density at radius 3 is 2.50 bits per heavy atom. The fraction of sp³-hybridized carbons (Fsp3) is 0.318. The van der Waals surface area contributed by atoms with Crippen LogP contribution in [0, 0.1) is 32.3 Å². The van der Waals surface area contributed by atoms with Crippen LogP contribution in [-0.2, 0) is 5.54 Å². The Labute approximate surface area is 164 Å². The molecule has 1 aliphatic heterocycles. The van der Waals surface area contributed by atoms with Gasteiger partial charge in [-0.3, -0.25) is 3.96 Å². The van der Waals surface area contributed by atoms with Crippen molar-refractivity contribution in [2.45, 2.75) is 47.1 Å². The zero-order chi connectivity index (χ0) is 18.8. The molecule has 134 valence electrons. The largest absolute Gasteiger partial charge is 0.374 e. The molecule has 0 spiro atoms. The van der Waals surface area contributed by atoms with E-state index in [1.165, 1.54) is 49.6 Å². The summed E-state index contributed by atoms with van der Waals surface area (Å²) in [5.41, 5.74) is 9.84. The summed E-state index contributed by atoms with van der Waals surface area (Å²) in [6, 6.07) is 10.9. The molecule has 0 saturated heterocycles. The monoisotopic (exact) mass is 380 g/mol. The number of rotatable bonds is 1. The summed E-state index contributed by atoms with van der Waals surface area (Å²) in [6.45, 7) is 13.1. The van der Waals surface area contributed by atoms with E-state index < -0.39 is 0 Å². The Hall–Kier alpha value is -1.91. The van der Waals surface area contributed by atoms with Gasteiger partial charge in [-0.2, -0.15) is 0 Å². The number of nitrogens with zero attached hydrogens (tertiary/aromatic N) is 1. The van der Waals surface area contributed by atoms with Crippen molar-refractivity contribution in [3.8, 4) is 16.8 Å². The van der Waals surface area contributed by atoms with Crippen molar-refractivity contribution in [2.75, 3.05) is 5.32 Å². The molecule has 0 unspecified atom stereocenters. The standard InChI is InChI=1S/C22H24N2S2/c1-12-10-14(3)19-16(11-12)18-20(22(5,6)23-19)26-24(21(18)25)17-9-7-8-13(2)15(17)4/h7-11,23H,1-6H3. The maximum absolute atomic E-state index is 6.01. The van der Waals surface area contributed by atoms with Gasteiger partial charge in [0.05, 0.1) is 16.1 Å². The van der Waals surface area contributed by atoms with Crippen LogP contribution < -0.4 is 5.32 Å². The highest BCUT2D eigenvalue weighted by molar-refractivity contribution is 7.71. The minimum absolute atomic E-state index is 0.149. The topological polar surface area (TPSA) is 17.0 Å². The van der Waals surface area contributed by atoms with Crippen LogP contribution in [0.15, 0.2) is 30.3 Å². The fourth-order valence-corrected chi connectivity index (χ4v) is 5.57. The average molecular weight is 381 g/mol. The predicted molar refractivity (Wildman–Crippen MR) is 116 cm³/mol. The SMILES string of the molecule is Cc1cc(C)c2c(c1)-c1c(sn(-c3cccc(C)c3C)c1=S)C(C)(C)N2. The van der Waals surface area contributed by atoms with E-state index in [9.17, 15) is 0 Å². The van der Waals surface area contributed by atoms with Gasteiger partial charge in [-0.1, -0.05) is 47.5 Å². The molecule has 3 aromatic rings. The summed E-state index contributed by atoms with van der Waals surface area (Å²) in [5, 5.41) is 3.76. The van der Waals surface area contributed by atoms with Gasteiger partial charge < -0.3 is 5.32 Å². The van der Waals surface area contributed by atoms with Crippen molar-refractivity contribution >= 4 is 29.4 Å². The van der Waals surface area contributed by atoms with E-state index in [0.29, 0.717) is 0 Å². The normalized spacial score (nSPS) is 14.5. The number of benzene rings is 2. The summed E-state index contributed by atoms with van der Waals surface area (Å²) in [4.78, 5) is 1.31. The first-order valence-corrected chi connectivity index (χ1v) is 10.1. The number of aryl methyl sites for hydroxylation is 3. The van der Waals surface area contributed by atoms with E-state index in [0.717, 1.165) is 4.64 Å². The molecule has 1 aromatic heterocycles. The second-order valence-corrected chi connectivity index (χ2v) is 9.21. The predicted octanol–water partition coefficient (Wildman–Crippen LogP) is 6.83. The maximum Gasteiger partial charge on any atom is 0.129 e. The van der Waals surface area contributed by atoms with Crippen molar-refractivity contribution in [3.05, 3.63) is 62.1 Å². The van der Waals surface area contributed by atoms with Gasteiger partial charge in [0.1, 0.15) is 4.64 Å².